The van der Waals surface area contributed by atoms with Crippen LogP contribution in [0.3, 0.4) is 0 Å². The van der Waals surface area contributed by atoms with Gasteiger partial charge in [0.2, 0.25) is 0 Å². The Bertz CT molecular complexity index is 448. The summed E-state index contributed by atoms with van der Waals surface area (Å²) in [6.07, 6.45) is 7.52. The second-order valence-corrected chi connectivity index (χ2v) is 6.85. The van der Waals surface area contributed by atoms with Gasteiger partial charge < -0.3 is 10.1 Å². The van der Waals surface area contributed by atoms with Crippen molar-refractivity contribution < 1.29 is 4.74 Å². The van der Waals surface area contributed by atoms with E-state index in [0.29, 0.717) is 12.0 Å². The molecule has 0 radical (unpaired) electrons. The number of nitrogens with one attached hydrogen (secondary N) is 1. The SMILES string of the molecule is CC(C)c1cccc(NC2CCOC3(CCCC3)C2)c1. The van der Waals surface area contributed by atoms with Crippen LogP contribution in [0.2, 0.25) is 0 Å². The Balaban J connectivity index is 1.66. The van der Waals surface area contributed by atoms with Gasteiger partial charge in [-0.25, -0.2) is 0 Å². The predicted molar refractivity (Wildman–Crippen MR) is 84.3 cm³/mol. The maximum atomic E-state index is 6.12. The lowest BCUT2D eigenvalue weighted by Gasteiger charge is -2.39. The fourth-order valence-electron chi connectivity index (χ4n) is 3.74. The summed E-state index contributed by atoms with van der Waals surface area (Å²) in [5.74, 6) is 0.590. The molecule has 1 spiro atoms. The van der Waals surface area contributed by atoms with Crippen molar-refractivity contribution in [1.82, 2.24) is 0 Å². The van der Waals surface area contributed by atoms with Gasteiger partial charge in [-0.1, -0.05) is 38.8 Å². The molecule has 1 aliphatic heterocycles. The van der Waals surface area contributed by atoms with Crippen molar-refractivity contribution in [2.75, 3.05) is 11.9 Å². The smallest absolute Gasteiger partial charge is 0.0702 e. The predicted octanol–water partition coefficient (Wildman–Crippen LogP) is 4.71. The zero-order valence-corrected chi connectivity index (χ0v) is 12.8. The van der Waals surface area contributed by atoms with Crippen LogP contribution in [0.5, 0.6) is 0 Å². The molecular weight excluding hydrogens is 246 g/mol. The van der Waals surface area contributed by atoms with E-state index in [1.54, 1.807) is 0 Å². The van der Waals surface area contributed by atoms with Crippen molar-refractivity contribution in [3.63, 3.8) is 0 Å². The minimum Gasteiger partial charge on any atom is -0.382 e. The molecule has 20 heavy (non-hydrogen) atoms. The molecule has 0 bridgehead atoms. The Hall–Kier alpha value is -1.02. The topological polar surface area (TPSA) is 21.3 Å². The van der Waals surface area contributed by atoms with Gasteiger partial charge in [0.25, 0.3) is 0 Å². The van der Waals surface area contributed by atoms with Crippen LogP contribution >= 0.6 is 0 Å². The minimum atomic E-state index is 0.200. The van der Waals surface area contributed by atoms with Crippen LogP contribution in [0.25, 0.3) is 0 Å². The van der Waals surface area contributed by atoms with E-state index in [0.717, 1.165) is 13.0 Å². The summed E-state index contributed by atoms with van der Waals surface area (Å²) in [4.78, 5) is 0. The Labute approximate surface area is 122 Å². The van der Waals surface area contributed by atoms with Gasteiger partial charge in [-0.3, -0.25) is 0 Å². The van der Waals surface area contributed by atoms with E-state index in [4.69, 9.17) is 4.74 Å². The molecule has 1 N–H and O–H groups in total. The first-order chi connectivity index (χ1) is 9.67. The molecule has 1 aromatic rings. The number of rotatable bonds is 3. The molecule has 1 aromatic carbocycles. The molecule has 1 saturated carbocycles. The lowest BCUT2D eigenvalue weighted by molar-refractivity contribution is -0.0767. The van der Waals surface area contributed by atoms with Crippen molar-refractivity contribution in [1.29, 1.82) is 0 Å². The highest BCUT2D eigenvalue weighted by Gasteiger charge is 2.39. The monoisotopic (exact) mass is 273 g/mol. The number of hydrogen-bond acceptors (Lipinski definition) is 2. The Kier molecular flexibility index (Phi) is 4.02. The summed E-state index contributed by atoms with van der Waals surface area (Å²) >= 11 is 0. The molecule has 1 atom stereocenters. The first-order valence-electron chi connectivity index (χ1n) is 8.17. The van der Waals surface area contributed by atoms with Crippen LogP contribution in [-0.2, 0) is 4.74 Å². The van der Waals surface area contributed by atoms with Gasteiger partial charge in [-0.15, -0.1) is 0 Å². The molecule has 2 fully saturated rings. The molecular formula is C18H27NO. The Morgan fingerprint density at radius 3 is 2.80 bits per heavy atom. The van der Waals surface area contributed by atoms with Crippen LogP contribution in [0.1, 0.15) is 63.9 Å². The third kappa shape index (κ3) is 3.01. The normalized spacial score (nSPS) is 25.2. The summed E-state index contributed by atoms with van der Waals surface area (Å²) in [7, 11) is 0. The summed E-state index contributed by atoms with van der Waals surface area (Å²) in [6.45, 7) is 5.42. The van der Waals surface area contributed by atoms with Crippen LogP contribution in [0, 0.1) is 0 Å². The van der Waals surface area contributed by atoms with E-state index >= 15 is 0 Å². The van der Waals surface area contributed by atoms with E-state index in [9.17, 15) is 0 Å². The van der Waals surface area contributed by atoms with Gasteiger partial charge in [0.15, 0.2) is 0 Å². The second kappa shape index (κ2) is 5.77. The summed E-state index contributed by atoms with van der Waals surface area (Å²) in [6, 6.07) is 9.47. The minimum absolute atomic E-state index is 0.200. The van der Waals surface area contributed by atoms with Gasteiger partial charge in [-0.2, -0.15) is 0 Å². The van der Waals surface area contributed by atoms with Gasteiger partial charge in [0.1, 0.15) is 0 Å². The third-order valence-electron chi connectivity index (χ3n) is 4.93. The molecule has 1 heterocycles. The van der Waals surface area contributed by atoms with Gasteiger partial charge in [0.05, 0.1) is 5.60 Å². The first kappa shape index (κ1) is 13.9. The van der Waals surface area contributed by atoms with Crippen LogP contribution < -0.4 is 5.32 Å². The molecule has 0 amide bonds. The maximum absolute atomic E-state index is 6.12. The summed E-state index contributed by atoms with van der Waals surface area (Å²) in [5.41, 5.74) is 2.89. The fraction of sp³-hybridized carbons (Fsp3) is 0.667. The van der Waals surface area contributed by atoms with Crippen LogP contribution in [-0.4, -0.2) is 18.2 Å². The lowest BCUT2D eigenvalue weighted by atomic mass is 9.88. The molecule has 2 aliphatic rings. The average molecular weight is 273 g/mol. The molecule has 1 saturated heterocycles. The lowest BCUT2D eigenvalue weighted by Crippen LogP contribution is -2.42. The van der Waals surface area contributed by atoms with E-state index < -0.39 is 0 Å². The zero-order chi connectivity index (χ0) is 14.0. The largest absolute Gasteiger partial charge is 0.382 e. The first-order valence-corrected chi connectivity index (χ1v) is 8.17. The molecule has 2 nitrogen and oxygen atoms in total. The quantitative estimate of drug-likeness (QED) is 0.861. The van der Waals surface area contributed by atoms with Gasteiger partial charge >= 0.3 is 0 Å². The van der Waals surface area contributed by atoms with Crippen LogP contribution in [0.4, 0.5) is 5.69 Å². The van der Waals surface area contributed by atoms with E-state index in [-0.39, 0.29) is 5.60 Å². The molecule has 2 heteroatoms. The van der Waals surface area contributed by atoms with Crippen LogP contribution in [0.15, 0.2) is 24.3 Å². The standard InChI is InChI=1S/C18H27NO/c1-14(2)15-6-5-7-16(12-15)19-17-8-11-20-18(13-17)9-3-4-10-18/h5-7,12,14,17,19H,3-4,8-11,13H2,1-2H3. The highest BCUT2D eigenvalue weighted by atomic mass is 16.5. The molecule has 110 valence electrons. The highest BCUT2D eigenvalue weighted by molar-refractivity contribution is 5.47. The van der Waals surface area contributed by atoms with Crippen molar-refractivity contribution in [3.8, 4) is 0 Å². The Morgan fingerprint density at radius 1 is 1.25 bits per heavy atom. The fourth-order valence-corrected chi connectivity index (χ4v) is 3.74. The van der Waals surface area contributed by atoms with E-state index in [1.165, 1.54) is 43.4 Å². The van der Waals surface area contributed by atoms with Gasteiger partial charge in [0, 0.05) is 18.3 Å². The van der Waals surface area contributed by atoms with Gasteiger partial charge in [-0.05, 0) is 49.3 Å². The molecule has 0 aromatic heterocycles. The van der Waals surface area contributed by atoms with E-state index in [1.807, 2.05) is 0 Å². The number of benzene rings is 1. The Morgan fingerprint density at radius 2 is 2.05 bits per heavy atom. The molecule has 1 aliphatic carbocycles. The van der Waals surface area contributed by atoms with E-state index in [2.05, 4.69) is 43.4 Å². The number of hydrogen-bond donors (Lipinski definition) is 1. The second-order valence-electron chi connectivity index (χ2n) is 6.85. The van der Waals surface area contributed by atoms with Crippen molar-refractivity contribution in [2.24, 2.45) is 0 Å². The third-order valence-corrected chi connectivity index (χ3v) is 4.93. The average Bonchev–Trinajstić information content (AvgIpc) is 2.87. The number of anilines is 1. The maximum Gasteiger partial charge on any atom is 0.0702 e. The highest BCUT2D eigenvalue weighted by Crippen LogP contribution is 2.40. The summed E-state index contributed by atoms with van der Waals surface area (Å²) < 4.78 is 6.12. The molecule has 1 unspecified atom stereocenters. The van der Waals surface area contributed by atoms with Crippen molar-refractivity contribution >= 4 is 5.69 Å². The molecule has 3 rings (SSSR count). The zero-order valence-electron chi connectivity index (χ0n) is 12.8. The van der Waals surface area contributed by atoms with Crippen molar-refractivity contribution in [2.45, 2.75) is 69.9 Å². The number of ether oxygens (including phenoxy) is 1. The summed E-state index contributed by atoms with van der Waals surface area (Å²) in [5, 5.41) is 3.75. The van der Waals surface area contributed by atoms with Crippen molar-refractivity contribution in [3.05, 3.63) is 29.8 Å².